The summed E-state index contributed by atoms with van der Waals surface area (Å²) in [5.74, 6) is -1.40. The molecule has 0 radical (unpaired) electrons. The fraction of sp³-hybridized carbons (Fsp3) is 0.333. The van der Waals surface area contributed by atoms with Gasteiger partial charge in [-0.3, -0.25) is 14.4 Å². The molecule has 1 heterocycles. The number of hydrogen-bond donors (Lipinski definition) is 3. The van der Waals surface area contributed by atoms with Gasteiger partial charge in [-0.1, -0.05) is 25.1 Å². The van der Waals surface area contributed by atoms with Crippen molar-refractivity contribution >= 4 is 22.6 Å². The first-order chi connectivity index (χ1) is 10.5. The van der Waals surface area contributed by atoms with Crippen LogP contribution in [0.15, 0.2) is 29.1 Å². The molecule has 1 atom stereocenters. The Morgan fingerprint density at radius 1 is 1.23 bits per heavy atom. The highest BCUT2D eigenvalue weighted by Crippen LogP contribution is 2.11. The molecule has 7 heteroatoms. The van der Waals surface area contributed by atoms with E-state index >= 15 is 0 Å². The molecule has 22 heavy (non-hydrogen) atoms. The molecule has 3 N–H and O–H groups in total. The highest BCUT2D eigenvalue weighted by Gasteiger charge is 2.16. The van der Waals surface area contributed by atoms with Gasteiger partial charge in [0, 0.05) is 11.4 Å². The van der Waals surface area contributed by atoms with Crippen molar-refractivity contribution in [2.75, 3.05) is 0 Å². The Bertz CT molecular complexity index is 754. The maximum atomic E-state index is 11.7. The summed E-state index contributed by atoms with van der Waals surface area (Å²) in [5, 5.41) is 12.5. The molecule has 0 spiro atoms. The first-order valence-corrected chi connectivity index (χ1v) is 7.08. The average Bonchev–Trinajstić information content (AvgIpc) is 2.54. The Labute approximate surface area is 127 Å². The molecule has 0 aliphatic heterocycles. The number of carbonyl (C=O) groups is 2. The molecule has 1 aromatic carbocycles. The van der Waals surface area contributed by atoms with E-state index in [0.29, 0.717) is 16.5 Å². The summed E-state index contributed by atoms with van der Waals surface area (Å²) in [6.45, 7) is 3.80. The smallest absolute Gasteiger partial charge is 0.309 e. The number of benzene rings is 1. The lowest BCUT2D eigenvalue weighted by atomic mass is 10.1. The van der Waals surface area contributed by atoms with Crippen LogP contribution in [0.4, 0.5) is 0 Å². The van der Waals surface area contributed by atoms with Crippen molar-refractivity contribution in [3.8, 4) is 0 Å². The summed E-state index contributed by atoms with van der Waals surface area (Å²) in [7, 11) is 0. The van der Waals surface area contributed by atoms with E-state index in [1.165, 1.54) is 0 Å². The molecule has 0 bridgehead atoms. The van der Waals surface area contributed by atoms with Crippen LogP contribution in [0.5, 0.6) is 0 Å². The number of hydrogen-bond acceptors (Lipinski definition) is 4. The van der Waals surface area contributed by atoms with E-state index in [9.17, 15) is 14.4 Å². The minimum atomic E-state index is -0.725. The van der Waals surface area contributed by atoms with Crippen LogP contribution in [0.1, 0.15) is 26.0 Å². The van der Waals surface area contributed by atoms with Gasteiger partial charge in [0.15, 0.2) is 0 Å². The van der Waals surface area contributed by atoms with E-state index in [4.69, 9.17) is 0 Å². The van der Waals surface area contributed by atoms with E-state index in [1.54, 1.807) is 24.3 Å². The molecule has 7 nitrogen and oxygen atoms in total. The number of nitrogens with one attached hydrogen (secondary N) is 3. The molecule has 0 aliphatic carbocycles. The minimum absolute atomic E-state index is 0.0596. The zero-order chi connectivity index (χ0) is 16.1. The van der Waals surface area contributed by atoms with Gasteiger partial charge < -0.3 is 10.6 Å². The normalized spacial score (nSPS) is 11.9. The Kier molecular flexibility index (Phi) is 4.88. The lowest BCUT2D eigenvalue weighted by molar-refractivity contribution is -0.139. The predicted molar refractivity (Wildman–Crippen MR) is 82.1 cm³/mol. The van der Waals surface area contributed by atoms with Crippen molar-refractivity contribution < 1.29 is 9.59 Å². The van der Waals surface area contributed by atoms with E-state index < -0.39 is 11.8 Å². The van der Waals surface area contributed by atoms with Crippen LogP contribution in [0.25, 0.3) is 10.8 Å². The number of H-pyrrole nitrogens is 1. The second-order valence-corrected chi connectivity index (χ2v) is 5.01. The number of aromatic nitrogens is 2. The van der Waals surface area contributed by atoms with Crippen molar-refractivity contribution in [2.45, 2.75) is 32.9 Å². The van der Waals surface area contributed by atoms with Gasteiger partial charge >= 0.3 is 11.8 Å². The maximum Gasteiger partial charge on any atom is 0.309 e. The number of nitrogens with zero attached hydrogens (tertiary/aromatic N) is 1. The van der Waals surface area contributed by atoms with Crippen LogP contribution in [0, 0.1) is 0 Å². The highest BCUT2D eigenvalue weighted by molar-refractivity contribution is 6.35. The summed E-state index contributed by atoms with van der Waals surface area (Å²) >= 11 is 0. The summed E-state index contributed by atoms with van der Waals surface area (Å²) < 4.78 is 0. The van der Waals surface area contributed by atoms with Crippen LogP contribution < -0.4 is 16.2 Å². The fourth-order valence-electron chi connectivity index (χ4n) is 1.94. The molecular formula is C15H18N4O3. The fourth-order valence-corrected chi connectivity index (χ4v) is 1.94. The Morgan fingerprint density at radius 3 is 2.59 bits per heavy atom. The number of carbonyl (C=O) groups excluding carboxylic acids is 2. The highest BCUT2D eigenvalue weighted by atomic mass is 16.2. The molecule has 0 fully saturated rings. The van der Waals surface area contributed by atoms with Gasteiger partial charge in [0.25, 0.3) is 5.56 Å². The zero-order valence-corrected chi connectivity index (χ0v) is 12.5. The van der Waals surface area contributed by atoms with Gasteiger partial charge in [-0.25, -0.2) is 5.10 Å². The van der Waals surface area contributed by atoms with E-state index in [-0.39, 0.29) is 18.1 Å². The maximum absolute atomic E-state index is 11.7. The molecule has 116 valence electrons. The molecule has 1 aromatic heterocycles. The van der Waals surface area contributed by atoms with Gasteiger partial charge in [0.2, 0.25) is 0 Å². The van der Waals surface area contributed by atoms with Gasteiger partial charge in [0.1, 0.15) is 0 Å². The minimum Gasteiger partial charge on any atom is -0.345 e. The van der Waals surface area contributed by atoms with Crippen LogP contribution in [0.3, 0.4) is 0 Å². The lowest BCUT2D eigenvalue weighted by Crippen LogP contribution is -2.43. The summed E-state index contributed by atoms with van der Waals surface area (Å²) in [4.78, 5) is 35.1. The first kappa shape index (κ1) is 15.7. The summed E-state index contributed by atoms with van der Waals surface area (Å²) in [5.41, 5.74) is 0.208. The van der Waals surface area contributed by atoms with Crippen molar-refractivity contribution in [1.82, 2.24) is 20.8 Å². The van der Waals surface area contributed by atoms with Crippen molar-refractivity contribution in [2.24, 2.45) is 0 Å². The van der Waals surface area contributed by atoms with Crippen LogP contribution in [0.2, 0.25) is 0 Å². The van der Waals surface area contributed by atoms with Crippen molar-refractivity contribution in [3.05, 3.63) is 40.3 Å². The SMILES string of the molecule is CC[C@H](C)NC(=O)C(=O)NCc1n[nH]c(=O)c2ccccc12. The molecule has 0 saturated heterocycles. The largest absolute Gasteiger partial charge is 0.345 e. The zero-order valence-electron chi connectivity index (χ0n) is 12.5. The van der Waals surface area contributed by atoms with E-state index in [1.807, 2.05) is 13.8 Å². The Balaban J connectivity index is 2.09. The van der Waals surface area contributed by atoms with Gasteiger partial charge in [-0.05, 0) is 19.4 Å². The molecule has 0 unspecified atom stereocenters. The topological polar surface area (TPSA) is 104 Å². The average molecular weight is 302 g/mol. The second-order valence-electron chi connectivity index (χ2n) is 5.01. The van der Waals surface area contributed by atoms with E-state index in [0.717, 1.165) is 6.42 Å². The molecule has 2 rings (SSSR count). The molecular weight excluding hydrogens is 284 g/mol. The monoisotopic (exact) mass is 302 g/mol. The van der Waals surface area contributed by atoms with Crippen molar-refractivity contribution in [3.63, 3.8) is 0 Å². The molecule has 0 saturated carbocycles. The lowest BCUT2D eigenvalue weighted by Gasteiger charge is -2.11. The predicted octanol–water partition coefficient (Wildman–Crippen LogP) is 0.454. The summed E-state index contributed by atoms with van der Waals surface area (Å²) in [6.07, 6.45) is 0.741. The number of aromatic amines is 1. The molecule has 2 amide bonds. The molecule has 2 aromatic rings. The van der Waals surface area contributed by atoms with E-state index in [2.05, 4.69) is 20.8 Å². The van der Waals surface area contributed by atoms with Gasteiger partial charge in [0.05, 0.1) is 17.6 Å². The Hall–Kier alpha value is -2.70. The van der Waals surface area contributed by atoms with Crippen molar-refractivity contribution in [1.29, 1.82) is 0 Å². The number of rotatable bonds is 4. The van der Waals surface area contributed by atoms with Gasteiger partial charge in [-0.15, -0.1) is 0 Å². The first-order valence-electron chi connectivity index (χ1n) is 7.08. The second kappa shape index (κ2) is 6.84. The quantitative estimate of drug-likeness (QED) is 0.713. The standard InChI is InChI=1S/C15H18N4O3/c1-3-9(2)17-15(22)14(21)16-8-12-10-6-4-5-7-11(10)13(20)19-18-12/h4-7,9H,3,8H2,1-2H3,(H,16,21)(H,17,22)(H,19,20)/t9-/m0/s1. The molecule has 0 aliphatic rings. The number of amides is 2. The van der Waals surface area contributed by atoms with Crippen LogP contribution in [-0.4, -0.2) is 28.1 Å². The Morgan fingerprint density at radius 2 is 1.91 bits per heavy atom. The number of fused-ring (bicyclic) bond motifs is 1. The summed E-state index contributed by atoms with van der Waals surface area (Å²) in [6, 6.07) is 6.89. The third kappa shape index (κ3) is 3.49. The third-order valence-corrected chi connectivity index (χ3v) is 3.39. The van der Waals surface area contributed by atoms with Crippen LogP contribution >= 0.6 is 0 Å². The third-order valence-electron chi connectivity index (χ3n) is 3.39. The van der Waals surface area contributed by atoms with Crippen LogP contribution in [-0.2, 0) is 16.1 Å². The van der Waals surface area contributed by atoms with Gasteiger partial charge in [-0.2, -0.15) is 5.10 Å².